The Labute approximate surface area is 170 Å². The third-order valence-corrected chi connectivity index (χ3v) is 5.13. The first-order valence-corrected chi connectivity index (χ1v) is 9.76. The Morgan fingerprint density at radius 2 is 1.86 bits per heavy atom. The molecule has 4 aromatic rings. The molecule has 6 heteroatoms. The average molecular weight is 387 g/mol. The lowest BCUT2D eigenvalue weighted by Gasteiger charge is -2.10. The van der Waals surface area contributed by atoms with Crippen molar-refractivity contribution >= 4 is 16.9 Å². The zero-order valence-electron chi connectivity index (χ0n) is 17.2. The maximum atomic E-state index is 12.6. The van der Waals surface area contributed by atoms with E-state index in [9.17, 15) is 4.79 Å². The molecule has 0 atom stereocenters. The van der Waals surface area contributed by atoms with E-state index in [2.05, 4.69) is 52.0 Å². The van der Waals surface area contributed by atoms with Crippen molar-refractivity contribution in [3.63, 3.8) is 0 Å². The van der Waals surface area contributed by atoms with Crippen LogP contribution in [0.4, 0.5) is 0 Å². The first kappa shape index (κ1) is 18.9. The van der Waals surface area contributed by atoms with Gasteiger partial charge < -0.3 is 5.32 Å². The van der Waals surface area contributed by atoms with E-state index in [1.807, 2.05) is 49.1 Å². The van der Waals surface area contributed by atoms with Crippen LogP contribution in [0, 0.1) is 27.7 Å². The van der Waals surface area contributed by atoms with E-state index in [4.69, 9.17) is 0 Å². The van der Waals surface area contributed by atoms with Crippen molar-refractivity contribution in [2.24, 2.45) is 0 Å². The number of carbonyl (C=O) groups is 1. The molecule has 6 nitrogen and oxygen atoms in total. The molecule has 0 aliphatic carbocycles. The number of benzene rings is 2. The number of aryl methyl sites for hydroxylation is 4. The maximum absolute atomic E-state index is 12.6. The van der Waals surface area contributed by atoms with Gasteiger partial charge in [-0.05, 0) is 63.6 Å². The van der Waals surface area contributed by atoms with Gasteiger partial charge in [0.1, 0.15) is 6.33 Å². The molecule has 2 heterocycles. The predicted molar refractivity (Wildman–Crippen MR) is 115 cm³/mol. The Hall–Kier alpha value is -3.41. The zero-order chi connectivity index (χ0) is 20.5. The van der Waals surface area contributed by atoms with Gasteiger partial charge in [-0.3, -0.25) is 14.0 Å². The van der Waals surface area contributed by atoms with Crippen molar-refractivity contribution in [2.75, 3.05) is 6.54 Å². The summed E-state index contributed by atoms with van der Waals surface area (Å²) >= 11 is 0. The van der Waals surface area contributed by atoms with Gasteiger partial charge in [-0.2, -0.15) is 5.10 Å². The number of amides is 1. The van der Waals surface area contributed by atoms with Crippen LogP contribution in [0.15, 0.2) is 48.8 Å². The minimum atomic E-state index is -0.102. The molecular weight excluding hydrogens is 362 g/mol. The average Bonchev–Trinajstić information content (AvgIpc) is 3.23. The number of aromatic nitrogens is 4. The third kappa shape index (κ3) is 3.78. The second-order valence-electron chi connectivity index (χ2n) is 7.51. The zero-order valence-corrected chi connectivity index (χ0v) is 17.2. The minimum Gasteiger partial charge on any atom is -0.350 e. The van der Waals surface area contributed by atoms with Gasteiger partial charge in [0.05, 0.1) is 29.0 Å². The van der Waals surface area contributed by atoms with Gasteiger partial charge >= 0.3 is 0 Å². The number of hydrogen-bond donors (Lipinski definition) is 1. The molecule has 1 amide bonds. The first-order valence-electron chi connectivity index (χ1n) is 9.76. The highest BCUT2D eigenvalue weighted by Gasteiger charge is 2.11. The van der Waals surface area contributed by atoms with Crippen molar-refractivity contribution in [3.05, 3.63) is 76.9 Å². The van der Waals surface area contributed by atoms with Crippen molar-refractivity contribution in [1.82, 2.24) is 24.6 Å². The smallest absolute Gasteiger partial charge is 0.251 e. The van der Waals surface area contributed by atoms with Crippen LogP contribution in [0.25, 0.3) is 16.7 Å². The van der Waals surface area contributed by atoms with Crippen molar-refractivity contribution in [3.8, 4) is 5.69 Å². The van der Waals surface area contributed by atoms with Gasteiger partial charge in [0.25, 0.3) is 5.91 Å². The molecule has 0 spiro atoms. The molecule has 2 aromatic carbocycles. The molecule has 0 unspecified atom stereocenters. The highest BCUT2D eigenvalue weighted by Crippen LogP contribution is 2.22. The highest BCUT2D eigenvalue weighted by atomic mass is 16.1. The fourth-order valence-corrected chi connectivity index (χ4v) is 3.70. The second kappa shape index (κ2) is 7.54. The van der Waals surface area contributed by atoms with E-state index in [1.54, 1.807) is 0 Å². The fraction of sp³-hybridized carbons (Fsp3) is 0.261. The normalized spacial score (nSPS) is 11.2. The van der Waals surface area contributed by atoms with E-state index in [-0.39, 0.29) is 5.91 Å². The lowest BCUT2D eigenvalue weighted by atomic mass is 10.1. The summed E-state index contributed by atoms with van der Waals surface area (Å²) in [7, 11) is 0. The van der Waals surface area contributed by atoms with Crippen molar-refractivity contribution < 1.29 is 4.79 Å². The maximum Gasteiger partial charge on any atom is 0.251 e. The number of carbonyl (C=O) groups excluding carboxylic acids is 1. The highest BCUT2D eigenvalue weighted by molar-refractivity contribution is 5.97. The molecule has 0 saturated heterocycles. The van der Waals surface area contributed by atoms with Crippen LogP contribution >= 0.6 is 0 Å². The third-order valence-electron chi connectivity index (χ3n) is 5.13. The summed E-state index contributed by atoms with van der Waals surface area (Å²) < 4.78 is 3.97. The molecule has 0 bridgehead atoms. The number of hydrogen-bond acceptors (Lipinski definition) is 3. The Kier molecular flexibility index (Phi) is 4.92. The van der Waals surface area contributed by atoms with Gasteiger partial charge in [0, 0.05) is 17.8 Å². The largest absolute Gasteiger partial charge is 0.350 e. The summed E-state index contributed by atoms with van der Waals surface area (Å²) in [6.45, 7) is 9.34. The van der Waals surface area contributed by atoms with Gasteiger partial charge in [-0.25, -0.2) is 4.98 Å². The quantitative estimate of drug-likeness (QED) is 0.565. The Balaban J connectivity index is 1.50. The van der Waals surface area contributed by atoms with E-state index in [1.165, 1.54) is 11.1 Å². The molecule has 1 N–H and O–H groups in total. The second-order valence-corrected chi connectivity index (χ2v) is 7.51. The minimum absolute atomic E-state index is 0.102. The summed E-state index contributed by atoms with van der Waals surface area (Å²) in [5.74, 6) is -0.102. The van der Waals surface area contributed by atoms with Crippen molar-refractivity contribution in [1.29, 1.82) is 0 Å². The summed E-state index contributed by atoms with van der Waals surface area (Å²) in [4.78, 5) is 17.1. The topological polar surface area (TPSA) is 64.7 Å². The Morgan fingerprint density at radius 3 is 2.59 bits per heavy atom. The first-order chi connectivity index (χ1) is 13.9. The monoisotopic (exact) mass is 387 g/mol. The number of imidazole rings is 1. The number of rotatable bonds is 5. The van der Waals surface area contributed by atoms with Crippen LogP contribution in [0.3, 0.4) is 0 Å². The molecule has 0 fully saturated rings. The van der Waals surface area contributed by atoms with Crippen LogP contribution < -0.4 is 5.32 Å². The molecule has 0 aliphatic heterocycles. The van der Waals surface area contributed by atoms with E-state index in [0.29, 0.717) is 18.7 Å². The summed E-state index contributed by atoms with van der Waals surface area (Å²) in [5, 5.41) is 7.39. The van der Waals surface area contributed by atoms with Crippen LogP contribution in [0.1, 0.15) is 32.9 Å². The number of nitrogens with one attached hydrogen (secondary N) is 1. The van der Waals surface area contributed by atoms with Gasteiger partial charge in [-0.1, -0.05) is 17.7 Å². The Morgan fingerprint density at radius 1 is 1.03 bits per heavy atom. The lowest BCUT2D eigenvalue weighted by Crippen LogP contribution is -2.27. The SMILES string of the molecule is Cc1ccc(-n2cnc3cc(C(=O)NCCn4nc(C)cc4C)ccc32)c(C)c1. The van der Waals surface area contributed by atoms with E-state index < -0.39 is 0 Å². The standard InChI is InChI=1S/C23H25N5O/c1-15-5-7-21(16(2)11-15)27-14-25-20-13-19(6-8-22(20)27)23(29)24-9-10-28-18(4)12-17(3)26-28/h5-8,11-14H,9-10H2,1-4H3,(H,24,29). The van der Waals surface area contributed by atoms with E-state index in [0.717, 1.165) is 28.1 Å². The summed E-state index contributed by atoms with van der Waals surface area (Å²) in [5.41, 5.74) is 7.99. The Bertz CT molecular complexity index is 1200. The van der Waals surface area contributed by atoms with Crippen LogP contribution in [-0.2, 0) is 6.54 Å². The van der Waals surface area contributed by atoms with Gasteiger partial charge in [0.2, 0.25) is 0 Å². The molecule has 29 heavy (non-hydrogen) atoms. The van der Waals surface area contributed by atoms with Crippen molar-refractivity contribution in [2.45, 2.75) is 34.2 Å². The molecule has 4 rings (SSSR count). The van der Waals surface area contributed by atoms with Gasteiger partial charge in [-0.15, -0.1) is 0 Å². The molecule has 0 saturated carbocycles. The molecule has 0 aliphatic rings. The number of nitrogens with zero attached hydrogens (tertiary/aromatic N) is 4. The summed E-state index contributed by atoms with van der Waals surface area (Å²) in [6, 6.07) is 14.0. The molecule has 0 radical (unpaired) electrons. The molecular formula is C23H25N5O. The van der Waals surface area contributed by atoms with Crippen LogP contribution in [0.2, 0.25) is 0 Å². The predicted octanol–water partition coefficient (Wildman–Crippen LogP) is 3.89. The lowest BCUT2D eigenvalue weighted by molar-refractivity contribution is 0.0952. The number of fused-ring (bicyclic) bond motifs is 1. The molecule has 2 aromatic heterocycles. The van der Waals surface area contributed by atoms with E-state index >= 15 is 0 Å². The van der Waals surface area contributed by atoms with Crippen LogP contribution in [-0.4, -0.2) is 31.8 Å². The van der Waals surface area contributed by atoms with Gasteiger partial charge in [0.15, 0.2) is 0 Å². The fourth-order valence-electron chi connectivity index (χ4n) is 3.70. The molecule has 148 valence electrons. The summed E-state index contributed by atoms with van der Waals surface area (Å²) in [6.07, 6.45) is 1.81. The van der Waals surface area contributed by atoms with Crippen LogP contribution in [0.5, 0.6) is 0 Å².